The standard InChI is InChI=1S/C23H21N5O2S/c1-2-28-22(17-9-4-3-5-10-17)26-27-23(28)31-15-21(30)25-24-14-19-18-11-7-6-8-16(18)12-13-20(19)29/h3-14,29H,2,15H2,1H3,(H,25,30)/b24-14+. The van der Waals surface area contributed by atoms with Gasteiger partial charge in [0.15, 0.2) is 11.0 Å². The number of rotatable bonds is 7. The fraction of sp³-hybridized carbons (Fsp3) is 0.130. The van der Waals surface area contributed by atoms with E-state index in [0.717, 1.165) is 22.2 Å². The third kappa shape index (κ3) is 4.59. The van der Waals surface area contributed by atoms with Crippen LogP contribution in [0.25, 0.3) is 22.2 Å². The molecule has 0 atom stereocenters. The molecule has 1 amide bonds. The molecule has 0 bridgehead atoms. The average Bonchev–Trinajstić information content (AvgIpc) is 3.22. The molecule has 0 radical (unpaired) electrons. The van der Waals surface area contributed by atoms with Crippen molar-refractivity contribution in [3.05, 3.63) is 72.3 Å². The molecule has 156 valence electrons. The number of phenolic OH excluding ortho intramolecular Hbond substituents is 1. The predicted octanol–water partition coefficient (Wildman–Crippen LogP) is 4.07. The minimum atomic E-state index is -0.270. The monoisotopic (exact) mass is 431 g/mol. The zero-order chi connectivity index (χ0) is 21.6. The van der Waals surface area contributed by atoms with Crippen molar-refractivity contribution in [2.75, 3.05) is 5.75 Å². The summed E-state index contributed by atoms with van der Waals surface area (Å²) in [4.78, 5) is 12.3. The second-order valence-corrected chi connectivity index (χ2v) is 7.66. The van der Waals surface area contributed by atoms with Crippen molar-refractivity contribution in [3.63, 3.8) is 0 Å². The normalized spacial score (nSPS) is 11.3. The third-order valence-corrected chi connectivity index (χ3v) is 5.69. The lowest BCUT2D eigenvalue weighted by molar-refractivity contribution is -0.118. The van der Waals surface area contributed by atoms with E-state index in [4.69, 9.17) is 0 Å². The Morgan fingerprint density at radius 3 is 2.68 bits per heavy atom. The van der Waals surface area contributed by atoms with Gasteiger partial charge in [-0.05, 0) is 23.8 Å². The van der Waals surface area contributed by atoms with Crippen LogP contribution in [0, 0.1) is 0 Å². The molecule has 31 heavy (non-hydrogen) atoms. The van der Waals surface area contributed by atoms with Crippen molar-refractivity contribution in [2.24, 2.45) is 5.10 Å². The summed E-state index contributed by atoms with van der Waals surface area (Å²) < 4.78 is 1.98. The number of fused-ring (bicyclic) bond motifs is 1. The van der Waals surface area contributed by atoms with Crippen LogP contribution in [-0.4, -0.2) is 37.7 Å². The number of phenols is 1. The Labute approximate surface area is 183 Å². The van der Waals surface area contributed by atoms with Gasteiger partial charge in [0, 0.05) is 17.7 Å². The Morgan fingerprint density at radius 1 is 1.10 bits per heavy atom. The van der Waals surface area contributed by atoms with Gasteiger partial charge in [-0.1, -0.05) is 72.4 Å². The number of hydrogen-bond donors (Lipinski definition) is 2. The topological polar surface area (TPSA) is 92.4 Å². The van der Waals surface area contributed by atoms with E-state index in [9.17, 15) is 9.90 Å². The summed E-state index contributed by atoms with van der Waals surface area (Å²) in [6.07, 6.45) is 1.46. The van der Waals surface area contributed by atoms with Gasteiger partial charge in [-0.2, -0.15) is 5.10 Å². The van der Waals surface area contributed by atoms with Crippen LogP contribution in [-0.2, 0) is 11.3 Å². The van der Waals surface area contributed by atoms with Crippen LogP contribution in [0.1, 0.15) is 12.5 Å². The van der Waals surface area contributed by atoms with Gasteiger partial charge in [0.2, 0.25) is 0 Å². The number of carbonyl (C=O) groups excluding carboxylic acids is 1. The first kappa shape index (κ1) is 20.6. The quantitative estimate of drug-likeness (QED) is 0.261. The molecule has 0 saturated heterocycles. The van der Waals surface area contributed by atoms with E-state index in [1.807, 2.05) is 72.2 Å². The van der Waals surface area contributed by atoms with Crippen molar-refractivity contribution in [1.29, 1.82) is 0 Å². The van der Waals surface area contributed by atoms with Gasteiger partial charge in [-0.15, -0.1) is 10.2 Å². The summed E-state index contributed by atoms with van der Waals surface area (Å²) in [6, 6.07) is 20.9. The number of carbonyl (C=O) groups is 1. The van der Waals surface area contributed by atoms with Gasteiger partial charge >= 0.3 is 0 Å². The number of hydrogen-bond acceptors (Lipinski definition) is 6. The molecule has 0 unspecified atom stereocenters. The lowest BCUT2D eigenvalue weighted by atomic mass is 10.0. The van der Waals surface area contributed by atoms with E-state index in [1.165, 1.54) is 18.0 Å². The highest BCUT2D eigenvalue weighted by Gasteiger charge is 2.14. The van der Waals surface area contributed by atoms with Crippen molar-refractivity contribution in [1.82, 2.24) is 20.2 Å². The molecule has 0 aliphatic heterocycles. The molecule has 0 saturated carbocycles. The predicted molar refractivity (Wildman–Crippen MR) is 123 cm³/mol. The Balaban J connectivity index is 1.41. The van der Waals surface area contributed by atoms with Crippen LogP contribution in [0.5, 0.6) is 5.75 Å². The maximum atomic E-state index is 12.3. The van der Waals surface area contributed by atoms with Gasteiger partial charge in [-0.3, -0.25) is 4.79 Å². The lowest BCUT2D eigenvalue weighted by Gasteiger charge is -2.07. The SMILES string of the molecule is CCn1c(SCC(=O)N/N=C/c2c(O)ccc3ccccc23)nnc1-c1ccccc1. The van der Waals surface area contributed by atoms with Gasteiger partial charge in [-0.25, -0.2) is 5.43 Å². The molecule has 0 spiro atoms. The van der Waals surface area contributed by atoms with Gasteiger partial charge in [0.1, 0.15) is 5.75 Å². The molecular weight excluding hydrogens is 410 g/mol. The largest absolute Gasteiger partial charge is 0.507 e. The molecule has 3 aromatic carbocycles. The van der Waals surface area contributed by atoms with Crippen LogP contribution < -0.4 is 5.43 Å². The average molecular weight is 432 g/mol. The van der Waals surface area contributed by atoms with Crippen molar-refractivity contribution in [2.45, 2.75) is 18.6 Å². The smallest absolute Gasteiger partial charge is 0.250 e. The zero-order valence-electron chi connectivity index (χ0n) is 16.9. The summed E-state index contributed by atoms with van der Waals surface area (Å²) in [5.41, 5.74) is 4.05. The highest BCUT2D eigenvalue weighted by molar-refractivity contribution is 7.99. The van der Waals surface area contributed by atoms with Crippen LogP contribution in [0.2, 0.25) is 0 Å². The van der Waals surface area contributed by atoms with Crippen molar-refractivity contribution < 1.29 is 9.90 Å². The molecule has 1 aromatic heterocycles. The number of aromatic nitrogens is 3. The Hall–Kier alpha value is -3.65. The van der Waals surface area contributed by atoms with E-state index in [0.29, 0.717) is 17.3 Å². The fourth-order valence-corrected chi connectivity index (χ4v) is 4.03. The Morgan fingerprint density at radius 2 is 1.87 bits per heavy atom. The Kier molecular flexibility index (Phi) is 6.28. The number of nitrogens with zero attached hydrogens (tertiary/aromatic N) is 4. The van der Waals surface area contributed by atoms with Crippen LogP contribution in [0.15, 0.2) is 77.0 Å². The molecule has 0 aliphatic carbocycles. The number of thioether (sulfide) groups is 1. The van der Waals surface area contributed by atoms with E-state index < -0.39 is 0 Å². The summed E-state index contributed by atoms with van der Waals surface area (Å²) in [5.74, 6) is 0.755. The molecule has 8 heteroatoms. The minimum absolute atomic E-state index is 0.107. The zero-order valence-corrected chi connectivity index (χ0v) is 17.7. The molecule has 2 N–H and O–H groups in total. The minimum Gasteiger partial charge on any atom is -0.507 e. The Bertz CT molecular complexity index is 1240. The maximum Gasteiger partial charge on any atom is 0.250 e. The third-order valence-electron chi connectivity index (χ3n) is 4.73. The molecule has 0 fully saturated rings. The van der Waals surface area contributed by atoms with Gasteiger partial charge in [0.05, 0.1) is 12.0 Å². The van der Waals surface area contributed by atoms with E-state index >= 15 is 0 Å². The maximum absolute atomic E-state index is 12.3. The van der Waals surface area contributed by atoms with Crippen LogP contribution in [0.4, 0.5) is 0 Å². The lowest BCUT2D eigenvalue weighted by Crippen LogP contribution is -2.20. The van der Waals surface area contributed by atoms with E-state index in [1.54, 1.807) is 6.07 Å². The molecule has 0 aliphatic rings. The molecule has 4 rings (SSSR count). The molecule has 7 nitrogen and oxygen atoms in total. The number of nitrogens with one attached hydrogen (secondary N) is 1. The highest BCUT2D eigenvalue weighted by atomic mass is 32.2. The fourth-order valence-electron chi connectivity index (χ4n) is 3.23. The summed E-state index contributed by atoms with van der Waals surface area (Å²) >= 11 is 1.30. The summed E-state index contributed by atoms with van der Waals surface area (Å²) in [6.45, 7) is 2.71. The van der Waals surface area contributed by atoms with Gasteiger partial charge < -0.3 is 9.67 Å². The second-order valence-electron chi connectivity index (χ2n) is 6.72. The second kappa shape index (κ2) is 9.44. The number of hydrazone groups is 1. The molecule has 1 heterocycles. The number of amides is 1. The van der Waals surface area contributed by atoms with Gasteiger partial charge in [0.25, 0.3) is 5.91 Å². The number of benzene rings is 3. The molecule has 4 aromatic rings. The van der Waals surface area contributed by atoms with E-state index in [-0.39, 0.29) is 17.4 Å². The molecular formula is C23H21N5O2S. The summed E-state index contributed by atoms with van der Waals surface area (Å²) in [5, 5.41) is 25.2. The van der Waals surface area contributed by atoms with Crippen LogP contribution in [0.3, 0.4) is 0 Å². The first-order chi connectivity index (χ1) is 15.2. The van der Waals surface area contributed by atoms with Crippen LogP contribution >= 0.6 is 11.8 Å². The highest BCUT2D eigenvalue weighted by Crippen LogP contribution is 2.26. The van der Waals surface area contributed by atoms with Crippen molar-refractivity contribution >= 4 is 34.7 Å². The first-order valence-corrected chi connectivity index (χ1v) is 10.8. The van der Waals surface area contributed by atoms with E-state index in [2.05, 4.69) is 20.7 Å². The van der Waals surface area contributed by atoms with Crippen molar-refractivity contribution in [3.8, 4) is 17.1 Å². The first-order valence-electron chi connectivity index (χ1n) is 9.81. The summed E-state index contributed by atoms with van der Waals surface area (Å²) in [7, 11) is 0. The number of aromatic hydroxyl groups is 1.